The van der Waals surface area contributed by atoms with E-state index in [1.807, 2.05) is 54.6 Å². The van der Waals surface area contributed by atoms with Crippen molar-refractivity contribution < 1.29 is 9.47 Å². The number of anilines is 1. The lowest BCUT2D eigenvalue weighted by molar-refractivity contribution is 0.146. The third-order valence-electron chi connectivity index (χ3n) is 4.48. The summed E-state index contributed by atoms with van der Waals surface area (Å²) >= 11 is 3.54. The first-order chi connectivity index (χ1) is 14.2. The lowest BCUT2D eigenvalue weighted by atomic mass is 10.00. The summed E-state index contributed by atoms with van der Waals surface area (Å²) in [6, 6.07) is 17.9. The summed E-state index contributed by atoms with van der Waals surface area (Å²) in [6.45, 7) is 1.05. The van der Waals surface area contributed by atoms with Gasteiger partial charge in [-0.05, 0) is 53.6 Å². The Morgan fingerprint density at radius 1 is 0.966 bits per heavy atom. The minimum Gasteiger partial charge on any atom is -0.491 e. The van der Waals surface area contributed by atoms with E-state index >= 15 is 0 Å². The van der Waals surface area contributed by atoms with Gasteiger partial charge in [-0.3, -0.25) is 0 Å². The zero-order valence-electron chi connectivity index (χ0n) is 15.8. The van der Waals surface area contributed by atoms with E-state index in [2.05, 4.69) is 25.9 Å². The van der Waals surface area contributed by atoms with Crippen molar-refractivity contribution in [2.45, 2.75) is 0 Å². The fourth-order valence-corrected chi connectivity index (χ4v) is 3.48. The molecule has 0 spiro atoms. The lowest BCUT2D eigenvalue weighted by Crippen LogP contribution is -2.04. The van der Waals surface area contributed by atoms with Crippen molar-refractivity contribution in [1.82, 2.24) is 15.0 Å². The number of aromatic nitrogens is 3. The van der Waals surface area contributed by atoms with Gasteiger partial charge in [-0.15, -0.1) is 0 Å². The predicted octanol–water partition coefficient (Wildman–Crippen LogP) is 4.73. The van der Waals surface area contributed by atoms with E-state index in [4.69, 9.17) is 20.2 Å². The molecule has 29 heavy (non-hydrogen) atoms. The molecule has 2 aromatic heterocycles. The van der Waals surface area contributed by atoms with Crippen molar-refractivity contribution in [1.29, 1.82) is 0 Å². The highest BCUT2D eigenvalue weighted by Crippen LogP contribution is 2.34. The minimum atomic E-state index is 0.408. The molecule has 0 saturated carbocycles. The van der Waals surface area contributed by atoms with Crippen LogP contribution in [-0.4, -0.2) is 35.3 Å². The van der Waals surface area contributed by atoms with Crippen LogP contribution in [0.25, 0.3) is 33.4 Å². The van der Waals surface area contributed by atoms with Crippen LogP contribution in [-0.2, 0) is 4.74 Å². The molecule has 6 nitrogen and oxygen atoms in total. The molecule has 2 heterocycles. The van der Waals surface area contributed by atoms with Gasteiger partial charge in [-0.1, -0.05) is 28.1 Å². The zero-order valence-corrected chi connectivity index (χ0v) is 17.4. The van der Waals surface area contributed by atoms with E-state index in [1.165, 1.54) is 6.33 Å². The van der Waals surface area contributed by atoms with E-state index < -0.39 is 0 Å². The summed E-state index contributed by atoms with van der Waals surface area (Å²) in [4.78, 5) is 13.2. The molecule has 2 aromatic carbocycles. The van der Waals surface area contributed by atoms with E-state index in [0.717, 1.165) is 38.0 Å². The summed E-state index contributed by atoms with van der Waals surface area (Å²) in [7, 11) is 1.65. The van der Waals surface area contributed by atoms with Gasteiger partial charge in [0.25, 0.3) is 0 Å². The van der Waals surface area contributed by atoms with E-state index in [0.29, 0.717) is 24.7 Å². The number of benzene rings is 2. The molecule has 0 aliphatic carbocycles. The van der Waals surface area contributed by atoms with E-state index in [9.17, 15) is 0 Å². The first kappa shape index (κ1) is 19.3. The topological polar surface area (TPSA) is 83.2 Å². The molecule has 146 valence electrons. The minimum absolute atomic E-state index is 0.408. The van der Waals surface area contributed by atoms with Crippen molar-refractivity contribution in [3.63, 3.8) is 0 Å². The average Bonchev–Trinajstić information content (AvgIpc) is 2.74. The summed E-state index contributed by atoms with van der Waals surface area (Å²) in [5.41, 5.74) is 10.4. The molecule has 4 aromatic rings. The molecule has 0 saturated heterocycles. The number of hydrogen-bond donors (Lipinski definition) is 1. The van der Waals surface area contributed by atoms with Crippen molar-refractivity contribution in [3.8, 4) is 28.1 Å². The standard InChI is InChI=1S/C22H19BrN4O2/c1-28-9-10-29-17-7-5-14(6-8-17)19-12-18(15-3-2-4-16(23)11-15)20-21(24)25-13-26-22(20)27-19/h2-8,11-13H,9-10H2,1H3,(H2,24,25,26,27). The van der Waals surface area contributed by atoms with Gasteiger partial charge in [-0.2, -0.15) is 0 Å². The Hall–Kier alpha value is -3.03. The van der Waals surface area contributed by atoms with Gasteiger partial charge in [0.2, 0.25) is 0 Å². The number of nitrogen functional groups attached to an aromatic ring is 1. The molecule has 2 N–H and O–H groups in total. The SMILES string of the molecule is COCCOc1ccc(-c2cc(-c3cccc(Br)c3)c3c(N)ncnc3n2)cc1. The Balaban J connectivity index is 1.80. The molecule has 0 aliphatic heterocycles. The van der Waals surface area contributed by atoms with Gasteiger partial charge < -0.3 is 15.2 Å². The van der Waals surface area contributed by atoms with E-state index in [-0.39, 0.29) is 0 Å². The summed E-state index contributed by atoms with van der Waals surface area (Å²) in [5.74, 6) is 1.19. The van der Waals surface area contributed by atoms with Crippen LogP contribution in [0.3, 0.4) is 0 Å². The predicted molar refractivity (Wildman–Crippen MR) is 118 cm³/mol. The van der Waals surface area contributed by atoms with Gasteiger partial charge in [0.1, 0.15) is 24.5 Å². The van der Waals surface area contributed by atoms with Crippen molar-refractivity contribution in [2.75, 3.05) is 26.1 Å². The highest BCUT2D eigenvalue weighted by Gasteiger charge is 2.14. The lowest BCUT2D eigenvalue weighted by Gasteiger charge is -2.12. The monoisotopic (exact) mass is 450 g/mol. The maximum absolute atomic E-state index is 6.17. The Morgan fingerprint density at radius 2 is 1.79 bits per heavy atom. The van der Waals surface area contributed by atoms with Crippen LogP contribution < -0.4 is 10.5 Å². The smallest absolute Gasteiger partial charge is 0.165 e. The Labute approximate surface area is 176 Å². The summed E-state index contributed by atoms with van der Waals surface area (Å²) in [5, 5.41) is 0.744. The van der Waals surface area contributed by atoms with Crippen molar-refractivity contribution in [3.05, 3.63) is 65.4 Å². The molecule has 4 rings (SSSR count). The Kier molecular flexibility index (Phi) is 5.69. The van der Waals surface area contributed by atoms with Crippen LogP contribution in [0.4, 0.5) is 5.82 Å². The van der Waals surface area contributed by atoms with Gasteiger partial charge in [0.15, 0.2) is 5.65 Å². The highest BCUT2D eigenvalue weighted by atomic mass is 79.9. The molecule has 0 unspecified atom stereocenters. The van der Waals surface area contributed by atoms with Gasteiger partial charge in [0.05, 0.1) is 17.7 Å². The quantitative estimate of drug-likeness (QED) is 0.427. The number of nitrogens with two attached hydrogens (primary N) is 1. The van der Waals surface area contributed by atoms with E-state index in [1.54, 1.807) is 7.11 Å². The number of nitrogens with zero attached hydrogens (tertiary/aromatic N) is 3. The number of fused-ring (bicyclic) bond motifs is 1. The molecular weight excluding hydrogens is 432 g/mol. The van der Waals surface area contributed by atoms with Crippen molar-refractivity contribution in [2.24, 2.45) is 0 Å². The van der Waals surface area contributed by atoms with Crippen LogP contribution in [0.15, 0.2) is 65.4 Å². The molecule has 0 radical (unpaired) electrons. The number of methoxy groups -OCH3 is 1. The third kappa shape index (κ3) is 4.21. The molecule has 0 bridgehead atoms. The van der Waals surface area contributed by atoms with Crippen LogP contribution in [0, 0.1) is 0 Å². The molecule has 0 amide bonds. The number of hydrogen-bond acceptors (Lipinski definition) is 6. The second-order valence-electron chi connectivity index (χ2n) is 6.39. The normalized spacial score (nSPS) is 11.0. The molecule has 0 atom stereocenters. The first-order valence-electron chi connectivity index (χ1n) is 9.05. The number of rotatable bonds is 6. The number of ether oxygens (including phenoxy) is 2. The van der Waals surface area contributed by atoms with Gasteiger partial charge in [0, 0.05) is 17.1 Å². The number of halogens is 1. The molecule has 7 heteroatoms. The fourth-order valence-electron chi connectivity index (χ4n) is 3.08. The molecule has 0 aliphatic rings. The largest absolute Gasteiger partial charge is 0.491 e. The fraction of sp³-hybridized carbons (Fsp3) is 0.136. The van der Waals surface area contributed by atoms with Crippen LogP contribution >= 0.6 is 15.9 Å². The second-order valence-corrected chi connectivity index (χ2v) is 7.30. The third-order valence-corrected chi connectivity index (χ3v) is 4.97. The zero-order chi connectivity index (χ0) is 20.2. The Bertz CT molecular complexity index is 1150. The van der Waals surface area contributed by atoms with Gasteiger partial charge in [-0.25, -0.2) is 15.0 Å². The molecule has 0 fully saturated rings. The highest BCUT2D eigenvalue weighted by molar-refractivity contribution is 9.10. The van der Waals surface area contributed by atoms with Crippen LogP contribution in [0.1, 0.15) is 0 Å². The number of pyridine rings is 1. The van der Waals surface area contributed by atoms with Crippen LogP contribution in [0.5, 0.6) is 5.75 Å². The van der Waals surface area contributed by atoms with Gasteiger partial charge >= 0.3 is 0 Å². The first-order valence-corrected chi connectivity index (χ1v) is 9.84. The maximum Gasteiger partial charge on any atom is 0.165 e. The van der Waals surface area contributed by atoms with Crippen molar-refractivity contribution >= 4 is 32.8 Å². The average molecular weight is 451 g/mol. The second kappa shape index (κ2) is 8.55. The summed E-state index contributed by atoms with van der Waals surface area (Å²) < 4.78 is 11.6. The molecular formula is C22H19BrN4O2. The maximum atomic E-state index is 6.17. The van der Waals surface area contributed by atoms with Crippen LogP contribution in [0.2, 0.25) is 0 Å². The summed E-state index contributed by atoms with van der Waals surface area (Å²) in [6.07, 6.45) is 1.44. The Morgan fingerprint density at radius 3 is 2.55 bits per heavy atom.